The van der Waals surface area contributed by atoms with Crippen LogP contribution in [0, 0.1) is 12.8 Å². The monoisotopic (exact) mass is 335 g/mol. The number of hydrogen-bond donors (Lipinski definition) is 2. The molecule has 0 spiro atoms. The van der Waals surface area contributed by atoms with Crippen molar-refractivity contribution >= 4 is 34.4 Å². The normalized spacial score (nSPS) is 17.2. The van der Waals surface area contributed by atoms with E-state index in [0.717, 1.165) is 16.5 Å². The molecule has 2 N–H and O–H groups in total. The Morgan fingerprint density at radius 1 is 1.32 bits per heavy atom. The van der Waals surface area contributed by atoms with Crippen molar-refractivity contribution in [2.45, 2.75) is 13.3 Å². The van der Waals surface area contributed by atoms with Gasteiger partial charge in [0.1, 0.15) is 5.82 Å². The van der Waals surface area contributed by atoms with Gasteiger partial charge < -0.3 is 5.32 Å². The molecule has 1 aromatic carbocycles. The average molecular weight is 335 g/mol. The molecule has 1 saturated heterocycles. The van der Waals surface area contributed by atoms with Gasteiger partial charge >= 0.3 is 0 Å². The van der Waals surface area contributed by atoms with Crippen molar-refractivity contribution in [1.82, 2.24) is 15.2 Å². The van der Waals surface area contributed by atoms with Crippen molar-refractivity contribution in [3.05, 3.63) is 48.2 Å². The fraction of sp³-hybridized carbons (Fsp3) is 0.222. The molecule has 1 aliphatic rings. The lowest BCUT2D eigenvalue weighted by Gasteiger charge is -2.14. The first kappa shape index (κ1) is 15.3. The Morgan fingerprint density at radius 2 is 2.16 bits per heavy atom. The van der Waals surface area contributed by atoms with E-state index in [9.17, 15) is 9.59 Å². The smallest absolute Gasteiger partial charge is 0.230 e. The van der Waals surface area contributed by atoms with Gasteiger partial charge in [-0.05, 0) is 36.8 Å². The van der Waals surface area contributed by atoms with Crippen molar-refractivity contribution in [3.8, 4) is 0 Å². The molecule has 0 aliphatic carbocycles. The summed E-state index contributed by atoms with van der Waals surface area (Å²) >= 11 is 0. The third-order valence-electron chi connectivity index (χ3n) is 4.37. The average Bonchev–Trinajstić information content (AvgIpc) is 3.18. The largest absolute Gasteiger partial charge is 0.310 e. The molecule has 1 aliphatic heterocycles. The summed E-state index contributed by atoms with van der Waals surface area (Å²) in [6.45, 7) is 2.24. The number of hydrogen-bond acceptors (Lipinski definition) is 4. The summed E-state index contributed by atoms with van der Waals surface area (Å²) in [5.41, 5.74) is 1.87. The summed E-state index contributed by atoms with van der Waals surface area (Å²) < 4.78 is 0. The van der Waals surface area contributed by atoms with Crippen LogP contribution in [0.4, 0.5) is 11.6 Å². The molecule has 2 amide bonds. The van der Waals surface area contributed by atoms with Crippen LogP contribution < -0.4 is 10.2 Å². The number of amides is 2. The second kappa shape index (κ2) is 6.01. The predicted octanol–water partition coefficient (Wildman–Crippen LogP) is 2.26. The highest BCUT2D eigenvalue weighted by molar-refractivity contribution is 6.06. The van der Waals surface area contributed by atoms with Gasteiger partial charge in [-0.3, -0.25) is 19.6 Å². The molecule has 7 nitrogen and oxygen atoms in total. The molecule has 25 heavy (non-hydrogen) atoms. The molecule has 0 radical (unpaired) electrons. The number of carbonyl (C=O) groups excluding carboxylic acids is 2. The Labute approximate surface area is 144 Å². The minimum Gasteiger partial charge on any atom is -0.310 e. The van der Waals surface area contributed by atoms with Crippen molar-refractivity contribution in [1.29, 1.82) is 0 Å². The van der Waals surface area contributed by atoms with Crippen LogP contribution in [-0.2, 0) is 9.59 Å². The van der Waals surface area contributed by atoms with Gasteiger partial charge in [0.2, 0.25) is 11.8 Å². The molecule has 126 valence electrons. The van der Waals surface area contributed by atoms with Crippen LogP contribution in [0.1, 0.15) is 12.0 Å². The van der Waals surface area contributed by atoms with E-state index >= 15 is 0 Å². The number of aromatic nitrogens is 3. The molecule has 7 heteroatoms. The van der Waals surface area contributed by atoms with Crippen molar-refractivity contribution in [2.75, 3.05) is 16.8 Å². The highest BCUT2D eigenvalue weighted by Gasteiger charge is 2.37. The summed E-state index contributed by atoms with van der Waals surface area (Å²) in [5.74, 6) is 0.347. The lowest BCUT2D eigenvalue weighted by Crippen LogP contribution is -2.28. The number of pyridine rings is 1. The maximum atomic E-state index is 12.5. The number of para-hydroxylation sites is 1. The number of anilines is 2. The molecule has 0 saturated carbocycles. The number of benzene rings is 1. The minimum atomic E-state index is -0.426. The summed E-state index contributed by atoms with van der Waals surface area (Å²) in [4.78, 5) is 30.6. The molecule has 1 fully saturated rings. The third kappa shape index (κ3) is 2.84. The van der Waals surface area contributed by atoms with Gasteiger partial charge in [0.15, 0.2) is 5.82 Å². The van der Waals surface area contributed by atoms with Gasteiger partial charge in [0.25, 0.3) is 0 Å². The van der Waals surface area contributed by atoms with Crippen molar-refractivity contribution < 1.29 is 9.59 Å². The standard InChI is InChI=1S/C18H17N5O2/c1-11-6-7-19-15(8-11)20-18(25)12-9-16(24)23(10-12)17-13-4-2-3-5-14(13)21-22-17/h2-8,12H,9-10H2,1H3,(H,21,22)(H,19,20,25)/t12-/m0/s1. The van der Waals surface area contributed by atoms with Crippen LogP contribution in [0.5, 0.6) is 0 Å². The molecule has 4 rings (SSSR count). The first-order valence-electron chi connectivity index (χ1n) is 8.09. The summed E-state index contributed by atoms with van der Waals surface area (Å²) in [7, 11) is 0. The van der Waals surface area contributed by atoms with E-state index in [1.54, 1.807) is 17.2 Å². The maximum Gasteiger partial charge on any atom is 0.230 e. The van der Waals surface area contributed by atoms with Gasteiger partial charge in [0, 0.05) is 24.5 Å². The fourth-order valence-corrected chi connectivity index (χ4v) is 3.08. The van der Waals surface area contributed by atoms with Gasteiger partial charge in [-0.15, -0.1) is 0 Å². The third-order valence-corrected chi connectivity index (χ3v) is 4.37. The predicted molar refractivity (Wildman–Crippen MR) is 94.2 cm³/mol. The number of aromatic amines is 1. The zero-order chi connectivity index (χ0) is 17.4. The molecule has 0 unspecified atom stereocenters. The van der Waals surface area contributed by atoms with E-state index in [1.165, 1.54) is 0 Å². The van der Waals surface area contributed by atoms with Crippen LogP contribution in [0.15, 0.2) is 42.6 Å². The molecule has 0 bridgehead atoms. The van der Waals surface area contributed by atoms with Crippen molar-refractivity contribution in [2.24, 2.45) is 5.92 Å². The minimum absolute atomic E-state index is 0.102. The van der Waals surface area contributed by atoms with Crippen LogP contribution in [0.3, 0.4) is 0 Å². The highest BCUT2D eigenvalue weighted by atomic mass is 16.2. The highest BCUT2D eigenvalue weighted by Crippen LogP contribution is 2.30. The van der Waals surface area contributed by atoms with E-state index in [-0.39, 0.29) is 18.2 Å². The Morgan fingerprint density at radius 3 is 3.00 bits per heavy atom. The Bertz CT molecular complexity index is 965. The summed E-state index contributed by atoms with van der Waals surface area (Å²) in [6.07, 6.45) is 1.81. The first-order chi connectivity index (χ1) is 12.1. The number of fused-ring (bicyclic) bond motifs is 1. The summed E-state index contributed by atoms with van der Waals surface area (Å²) in [6, 6.07) is 11.3. The van der Waals surface area contributed by atoms with Crippen LogP contribution in [0.2, 0.25) is 0 Å². The van der Waals surface area contributed by atoms with E-state index in [2.05, 4.69) is 20.5 Å². The number of aryl methyl sites for hydroxylation is 1. The van der Waals surface area contributed by atoms with Crippen LogP contribution in [0.25, 0.3) is 10.9 Å². The SMILES string of the molecule is Cc1ccnc(NC(=O)[C@H]2CC(=O)N(c3n[nH]c4ccccc34)C2)c1. The summed E-state index contributed by atoms with van der Waals surface area (Å²) in [5, 5.41) is 10.8. The Hall–Kier alpha value is -3.22. The second-order valence-electron chi connectivity index (χ2n) is 6.21. The zero-order valence-corrected chi connectivity index (χ0v) is 13.7. The lowest BCUT2D eigenvalue weighted by molar-refractivity contribution is -0.122. The van der Waals surface area contributed by atoms with E-state index in [0.29, 0.717) is 18.2 Å². The van der Waals surface area contributed by atoms with E-state index < -0.39 is 5.92 Å². The topological polar surface area (TPSA) is 91.0 Å². The molecule has 1 atom stereocenters. The van der Waals surface area contributed by atoms with E-state index in [4.69, 9.17) is 0 Å². The van der Waals surface area contributed by atoms with Crippen LogP contribution in [-0.4, -0.2) is 33.5 Å². The maximum absolute atomic E-state index is 12.5. The Kier molecular flexibility index (Phi) is 3.68. The number of H-pyrrole nitrogens is 1. The van der Waals surface area contributed by atoms with Gasteiger partial charge in [-0.1, -0.05) is 12.1 Å². The number of carbonyl (C=O) groups is 2. The lowest BCUT2D eigenvalue weighted by atomic mass is 10.1. The number of nitrogens with one attached hydrogen (secondary N) is 2. The number of rotatable bonds is 3. The van der Waals surface area contributed by atoms with E-state index in [1.807, 2.05) is 37.3 Å². The Balaban J connectivity index is 1.53. The molecular weight excluding hydrogens is 318 g/mol. The fourth-order valence-electron chi connectivity index (χ4n) is 3.08. The molecular formula is C18H17N5O2. The molecule has 3 heterocycles. The second-order valence-corrected chi connectivity index (χ2v) is 6.21. The molecule has 3 aromatic rings. The van der Waals surface area contributed by atoms with Gasteiger partial charge in [0.05, 0.1) is 11.4 Å². The van der Waals surface area contributed by atoms with Gasteiger partial charge in [-0.2, -0.15) is 5.10 Å². The van der Waals surface area contributed by atoms with Crippen molar-refractivity contribution in [3.63, 3.8) is 0 Å². The molecule has 2 aromatic heterocycles. The van der Waals surface area contributed by atoms with Gasteiger partial charge in [-0.25, -0.2) is 4.98 Å². The quantitative estimate of drug-likeness (QED) is 0.768. The number of nitrogens with zero attached hydrogens (tertiary/aromatic N) is 3. The van der Waals surface area contributed by atoms with Crippen LogP contribution >= 0.6 is 0 Å². The first-order valence-corrected chi connectivity index (χ1v) is 8.09. The zero-order valence-electron chi connectivity index (χ0n) is 13.7.